The maximum atomic E-state index is 11.7. The van der Waals surface area contributed by atoms with E-state index in [1.165, 1.54) is 17.4 Å². The van der Waals surface area contributed by atoms with Gasteiger partial charge in [-0.15, -0.1) is 0 Å². The zero-order valence-corrected chi connectivity index (χ0v) is 14.0. The van der Waals surface area contributed by atoms with E-state index in [2.05, 4.69) is 32.0 Å². The number of hydrogen-bond donors (Lipinski definition) is 1. The summed E-state index contributed by atoms with van der Waals surface area (Å²) in [5.74, 6) is 0.352. The number of nitrogens with two attached hydrogens (primary N) is 1. The Balaban J connectivity index is 2.02. The quantitative estimate of drug-likeness (QED) is 0.928. The smallest absolute Gasteiger partial charge is 0.211 e. The molecular weight excluding hydrogens is 284 g/mol. The maximum Gasteiger partial charge on any atom is 0.211 e. The van der Waals surface area contributed by atoms with Crippen LogP contribution in [0, 0.1) is 19.8 Å². The van der Waals surface area contributed by atoms with Crippen molar-refractivity contribution in [2.75, 3.05) is 19.3 Å². The molecule has 1 heterocycles. The van der Waals surface area contributed by atoms with Gasteiger partial charge < -0.3 is 5.73 Å². The number of nitrogens with zero attached hydrogens (tertiary/aromatic N) is 1. The second-order valence-corrected chi connectivity index (χ2v) is 8.30. The van der Waals surface area contributed by atoms with Gasteiger partial charge in [0.05, 0.1) is 6.26 Å². The molecule has 1 aliphatic heterocycles. The number of piperidine rings is 1. The maximum absolute atomic E-state index is 11.7. The van der Waals surface area contributed by atoms with Crippen LogP contribution in [0.2, 0.25) is 0 Å². The predicted molar refractivity (Wildman–Crippen MR) is 86.6 cm³/mol. The molecule has 2 rings (SSSR count). The van der Waals surface area contributed by atoms with Gasteiger partial charge in [0.2, 0.25) is 10.0 Å². The Hall–Kier alpha value is -0.910. The van der Waals surface area contributed by atoms with Crippen molar-refractivity contribution in [1.82, 2.24) is 4.31 Å². The van der Waals surface area contributed by atoms with E-state index in [-0.39, 0.29) is 6.04 Å². The van der Waals surface area contributed by atoms with Crippen LogP contribution < -0.4 is 5.73 Å². The lowest BCUT2D eigenvalue weighted by molar-refractivity contribution is 0.247. The monoisotopic (exact) mass is 310 g/mol. The highest BCUT2D eigenvalue weighted by molar-refractivity contribution is 7.88. The van der Waals surface area contributed by atoms with Crippen LogP contribution in [0.5, 0.6) is 0 Å². The fourth-order valence-electron chi connectivity index (χ4n) is 3.01. The van der Waals surface area contributed by atoms with Gasteiger partial charge in [-0.3, -0.25) is 0 Å². The van der Waals surface area contributed by atoms with Gasteiger partial charge in [-0.1, -0.05) is 18.2 Å². The normalized spacial score (nSPS) is 22.2. The SMILES string of the molecule is Cc1ccc(C(N)CC2CCCN(S(C)(=O)=O)C2)cc1C. The molecule has 21 heavy (non-hydrogen) atoms. The van der Waals surface area contributed by atoms with Crippen LogP contribution in [0.1, 0.15) is 42.0 Å². The molecule has 0 radical (unpaired) electrons. The van der Waals surface area contributed by atoms with Crippen LogP contribution in [0.25, 0.3) is 0 Å². The standard InChI is InChI=1S/C16H26N2O2S/c1-12-6-7-15(9-13(12)2)16(17)10-14-5-4-8-18(11-14)21(3,19)20/h6-7,9,14,16H,4-5,8,10-11,17H2,1-3H3. The van der Waals surface area contributed by atoms with Gasteiger partial charge >= 0.3 is 0 Å². The third kappa shape index (κ3) is 4.28. The molecular formula is C16H26N2O2S. The van der Waals surface area contributed by atoms with Gasteiger partial charge in [0.25, 0.3) is 0 Å². The zero-order valence-electron chi connectivity index (χ0n) is 13.2. The van der Waals surface area contributed by atoms with Gasteiger partial charge in [0, 0.05) is 19.1 Å². The summed E-state index contributed by atoms with van der Waals surface area (Å²) in [6, 6.07) is 6.32. The lowest BCUT2D eigenvalue weighted by Crippen LogP contribution is -2.40. The summed E-state index contributed by atoms with van der Waals surface area (Å²) in [6.45, 7) is 5.44. The molecule has 0 amide bonds. The molecule has 118 valence electrons. The third-order valence-electron chi connectivity index (χ3n) is 4.50. The highest BCUT2D eigenvalue weighted by atomic mass is 32.2. The average Bonchev–Trinajstić information content (AvgIpc) is 2.41. The molecule has 1 saturated heterocycles. The molecule has 0 saturated carbocycles. The lowest BCUT2D eigenvalue weighted by atomic mass is 9.89. The minimum Gasteiger partial charge on any atom is -0.324 e. The third-order valence-corrected chi connectivity index (χ3v) is 5.77. The zero-order chi connectivity index (χ0) is 15.6. The van der Waals surface area contributed by atoms with E-state index in [9.17, 15) is 8.42 Å². The molecule has 0 aromatic heterocycles. The fourth-order valence-corrected chi connectivity index (χ4v) is 3.95. The Morgan fingerprint density at radius 1 is 1.33 bits per heavy atom. The van der Waals surface area contributed by atoms with E-state index < -0.39 is 10.0 Å². The van der Waals surface area contributed by atoms with Crippen molar-refractivity contribution in [1.29, 1.82) is 0 Å². The van der Waals surface area contributed by atoms with Crippen LogP contribution in [-0.4, -0.2) is 32.1 Å². The van der Waals surface area contributed by atoms with E-state index in [1.54, 1.807) is 4.31 Å². The Labute approximate surface area is 128 Å². The van der Waals surface area contributed by atoms with E-state index >= 15 is 0 Å². The summed E-state index contributed by atoms with van der Waals surface area (Å²) in [5.41, 5.74) is 10.0. The summed E-state index contributed by atoms with van der Waals surface area (Å²) in [4.78, 5) is 0. The lowest BCUT2D eigenvalue weighted by Gasteiger charge is -2.32. The number of rotatable bonds is 4. The summed E-state index contributed by atoms with van der Waals surface area (Å²) in [7, 11) is -3.08. The highest BCUT2D eigenvalue weighted by Crippen LogP contribution is 2.27. The van der Waals surface area contributed by atoms with E-state index in [0.29, 0.717) is 19.0 Å². The van der Waals surface area contributed by atoms with Gasteiger partial charge in [-0.2, -0.15) is 0 Å². The average molecular weight is 310 g/mol. The van der Waals surface area contributed by atoms with Gasteiger partial charge in [-0.25, -0.2) is 12.7 Å². The molecule has 4 nitrogen and oxygen atoms in total. The largest absolute Gasteiger partial charge is 0.324 e. The number of hydrogen-bond acceptors (Lipinski definition) is 3. The number of benzene rings is 1. The first-order chi connectivity index (χ1) is 9.77. The molecule has 2 atom stereocenters. The first-order valence-corrected chi connectivity index (χ1v) is 9.40. The van der Waals surface area contributed by atoms with Gasteiger partial charge in [0.1, 0.15) is 0 Å². The Morgan fingerprint density at radius 3 is 2.67 bits per heavy atom. The van der Waals surface area contributed by atoms with Crippen molar-refractivity contribution in [3.63, 3.8) is 0 Å². The molecule has 0 spiro atoms. The molecule has 0 bridgehead atoms. The molecule has 5 heteroatoms. The predicted octanol–water partition coefficient (Wildman–Crippen LogP) is 2.36. The summed E-state index contributed by atoms with van der Waals surface area (Å²) in [6.07, 6.45) is 4.12. The van der Waals surface area contributed by atoms with Crippen LogP contribution in [-0.2, 0) is 10.0 Å². The fraction of sp³-hybridized carbons (Fsp3) is 0.625. The second kappa shape index (κ2) is 6.46. The molecule has 2 unspecified atom stereocenters. The van der Waals surface area contributed by atoms with Crippen molar-refractivity contribution < 1.29 is 8.42 Å². The summed E-state index contributed by atoms with van der Waals surface area (Å²) >= 11 is 0. The molecule has 1 aromatic carbocycles. The summed E-state index contributed by atoms with van der Waals surface area (Å²) in [5, 5.41) is 0. The Morgan fingerprint density at radius 2 is 2.05 bits per heavy atom. The van der Waals surface area contributed by atoms with E-state index in [4.69, 9.17) is 5.73 Å². The van der Waals surface area contributed by atoms with Crippen molar-refractivity contribution in [3.05, 3.63) is 34.9 Å². The van der Waals surface area contributed by atoms with Crippen molar-refractivity contribution in [2.45, 2.75) is 39.2 Å². The minimum absolute atomic E-state index is 0.0196. The van der Waals surface area contributed by atoms with Crippen LogP contribution in [0.15, 0.2) is 18.2 Å². The summed E-state index contributed by atoms with van der Waals surface area (Å²) < 4.78 is 24.9. The number of sulfonamides is 1. The van der Waals surface area contributed by atoms with Crippen LogP contribution >= 0.6 is 0 Å². The molecule has 1 fully saturated rings. The molecule has 1 aliphatic rings. The van der Waals surface area contributed by atoms with E-state index in [1.807, 2.05) is 0 Å². The second-order valence-electron chi connectivity index (χ2n) is 6.32. The Kier molecular flexibility index (Phi) is 5.07. The van der Waals surface area contributed by atoms with Crippen molar-refractivity contribution >= 4 is 10.0 Å². The first-order valence-electron chi connectivity index (χ1n) is 7.55. The highest BCUT2D eigenvalue weighted by Gasteiger charge is 2.27. The topological polar surface area (TPSA) is 63.4 Å². The van der Waals surface area contributed by atoms with Gasteiger partial charge in [0.15, 0.2) is 0 Å². The Bertz CT molecular complexity index is 598. The van der Waals surface area contributed by atoms with Crippen molar-refractivity contribution in [3.8, 4) is 0 Å². The first kappa shape index (κ1) is 16.5. The van der Waals surface area contributed by atoms with Gasteiger partial charge in [-0.05, 0) is 55.7 Å². The van der Waals surface area contributed by atoms with E-state index in [0.717, 1.165) is 24.8 Å². The van der Waals surface area contributed by atoms with Crippen molar-refractivity contribution in [2.24, 2.45) is 11.7 Å². The molecule has 0 aliphatic carbocycles. The van der Waals surface area contributed by atoms with Crippen LogP contribution in [0.3, 0.4) is 0 Å². The molecule has 2 N–H and O–H groups in total. The minimum atomic E-state index is -3.08. The van der Waals surface area contributed by atoms with Crippen LogP contribution in [0.4, 0.5) is 0 Å². The molecule has 1 aromatic rings. The number of aryl methyl sites for hydroxylation is 2.